The standard InChI is InChI=1S/C11H7BrFN3/c12-8-5-9(16-4-3-14-6-16)10(13)7-1-2-15-11(7)8/h1-6,15H. The molecule has 3 aromatic rings. The first-order valence-corrected chi connectivity index (χ1v) is 5.50. The van der Waals surface area contributed by atoms with Crippen LogP contribution in [0.4, 0.5) is 4.39 Å². The zero-order valence-corrected chi connectivity index (χ0v) is 9.70. The normalized spacial score (nSPS) is 11.1. The van der Waals surface area contributed by atoms with E-state index in [2.05, 4.69) is 25.9 Å². The van der Waals surface area contributed by atoms with Crippen molar-refractivity contribution in [2.45, 2.75) is 0 Å². The van der Waals surface area contributed by atoms with Gasteiger partial charge >= 0.3 is 0 Å². The number of nitrogens with zero attached hydrogens (tertiary/aromatic N) is 2. The Bertz CT molecular complexity index is 643. The van der Waals surface area contributed by atoms with Gasteiger partial charge in [-0.05, 0) is 28.1 Å². The topological polar surface area (TPSA) is 33.6 Å². The number of fused-ring (bicyclic) bond motifs is 1. The SMILES string of the molecule is Fc1c(-n2ccnc2)cc(Br)c2[nH]ccc12. The van der Waals surface area contributed by atoms with Crippen molar-refractivity contribution < 1.29 is 4.39 Å². The minimum atomic E-state index is -0.252. The molecule has 0 saturated carbocycles. The molecule has 0 aliphatic carbocycles. The van der Waals surface area contributed by atoms with Gasteiger partial charge in [-0.2, -0.15) is 0 Å². The van der Waals surface area contributed by atoms with E-state index >= 15 is 0 Å². The maximum Gasteiger partial charge on any atom is 0.156 e. The van der Waals surface area contributed by atoms with Crippen LogP contribution in [-0.4, -0.2) is 14.5 Å². The Morgan fingerprint density at radius 1 is 1.44 bits per heavy atom. The quantitative estimate of drug-likeness (QED) is 0.729. The zero-order valence-electron chi connectivity index (χ0n) is 8.11. The van der Waals surface area contributed by atoms with Crippen molar-refractivity contribution in [1.29, 1.82) is 0 Å². The first kappa shape index (κ1) is 9.59. The fraction of sp³-hybridized carbons (Fsp3) is 0. The van der Waals surface area contributed by atoms with E-state index < -0.39 is 0 Å². The molecule has 0 bridgehead atoms. The fourth-order valence-electron chi connectivity index (χ4n) is 1.73. The number of aromatic amines is 1. The number of benzene rings is 1. The number of hydrogen-bond donors (Lipinski definition) is 1. The second kappa shape index (κ2) is 3.45. The van der Waals surface area contributed by atoms with Crippen LogP contribution in [0.1, 0.15) is 0 Å². The minimum absolute atomic E-state index is 0.252. The molecule has 1 aromatic carbocycles. The molecule has 0 amide bonds. The van der Waals surface area contributed by atoms with E-state index in [1.807, 2.05) is 0 Å². The van der Waals surface area contributed by atoms with Crippen LogP contribution in [0, 0.1) is 5.82 Å². The van der Waals surface area contributed by atoms with Crippen LogP contribution in [0.5, 0.6) is 0 Å². The average Bonchev–Trinajstić information content (AvgIpc) is 2.92. The molecule has 0 fully saturated rings. The molecule has 3 rings (SSSR count). The van der Waals surface area contributed by atoms with E-state index in [0.29, 0.717) is 11.1 Å². The highest BCUT2D eigenvalue weighted by Gasteiger charge is 2.12. The van der Waals surface area contributed by atoms with Crippen molar-refractivity contribution in [3.8, 4) is 5.69 Å². The average molecular weight is 280 g/mol. The molecule has 0 radical (unpaired) electrons. The lowest BCUT2D eigenvalue weighted by atomic mass is 10.2. The summed E-state index contributed by atoms with van der Waals surface area (Å²) in [5, 5.41) is 0.568. The minimum Gasteiger partial charge on any atom is -0.360 e. The zero-order chi connectivity index (χ0) is 11.1. The molecule has 3 nitrogen and oxygen atoms in total. The molecule has 0 aliphatic heterocycles. The van der Waals surface area contributed by atoms with Gasteiger partial charge < -0.3 is 9.55 Å². The summed E-state index contributed by atoms with van der Waals surface area (Å²) in [5.41, 5.74) is 1.25. The van der Waals surface area contributed by atoms with E-state index in [4.69, 9.17) is 0 Å². The maximum atomic E-state index is 14.2. The molecule has 2 heterocycles. The summed E-state index contributed by atoms with van der Waals surface area (Å²) in [5.74, 6) is -0.252. The van der Waals surface area contributed by atoms with Gasteiger partial charge in [0.15, 0.2) is 5.82 Å². The van der Waals surface area contributed by atoms with Gasteiger partial charge in [0.05, 0.1) is 17.5 Å². The van der Waals surface area contributed by atoms with Crippen molar-refractivity contribution in [3.63, 3.8) is 0 Å². The number of rotatable bonds is 1. The van der Waals surface area contributed by atoms with E-state index in [9.17, 15) is 4.39 Å². The molecular formula is C11H7BrFN3. The summed E-state index contributed by atoms with van der Waals surface area (Å²) in [7, 11) is 0. The van der Waals surface area contributed by atoms with Gasteiger partial charge in [0, 0.05) is 28.4 Å². The Morgan fingerprint density at radius 3 is 3.06 bits per heavy atom. The lowest BCUT2D eigenvalue weighted by Crippen LogP contribution is -1.95. The van der Waals surface area contributed by atoms with E-state index in [0.717, 1.165) is 9.99 Å². The Balaban J connectivity index is 2.38. The summed E-state index contributed by atoms with van der Waals surface area (Å²) in [4.78, 5) is 6.90. The van der Waals surface area contributed by atoms with E-state index in [-0.39, 0.29) is 5.82 Å². The Kier molecular flexibility index (Phi) is 2.07. The first-order valence-electron chi connectivity index (χ1n) is 4.71. The van der Waals surface area contributed by atoms with Crippen LogP contribution in [0.15, 0.2) is 41.5 Å². The number of halogens is 2. The van der Waals surface area contributed by atoms with Gasteiger partial charge in [0.25, 0.3) is 0 Å². The lowest BCUT2D eigenvalue weighted by Gasteiger charge is -2.06. The molecule has 2 aromatic heterocycles. The summed E-state index contributed by atoms with van der Waals surface area (Å²) < 4.78 is 16.6. The van der Waals surface area contributed by atoms with Crippen molar-refractivity contribution in [1.82, 2.24) is 14.5 Å². The molecule has 1 N–H and O–H groups in total. The third-order valence-corrected chi connectivity index (χ3v) is 3.12. The molecular weight excluding hydrogens is 273 g/mol. The number of hydrogen-bond acceptors (Lipinski definition) is 1. The summed E-state index contributed by atoms with van der Waals surface area (Å²) in [6.07, 6.45) is 6.62. The van der Waals surface area contributed by atoms with Gasteiger partial charge in [-0.3, -0.25) is 0 Å². The van der Waals surface area contributed by atoms with Gasteiger partial charge in [0.1, 0.15) is 0 Å². The van der Waals surface area contributed by atoms with Crippen LogP contribution in [0.2, 0.25) is 0 Å². The van der Waals surface area contributed by atoms with Crippen molar-refractivity contribution >= 4 is 26.8 Å². The fourth-order valence-corrected chi connectivity index (χ4v) is 2.28. The Morgan fingerprint density at radius 2 is 2.31 bits per heavy atom. The number of nitrogens with one attached hydrogen (secondary N) is 1. The number of aromatic nitrogens is 3. The molecule has 0 saturated heterocycles. The van der Waals surface area contributed by atoms with Crippen molar-refractivity contribution in [3.05, 3.63) is 47.3 Å². The van der Waals surface area contributed by atoms with Crippen LogP contribution in [-0.2, 0) is 0 Å². The summed E-state index contributed by atoms with van der Waals surface area (Å²) >= 11 is 3.41. The lowest BCUT2D eigenvalue weighted by molar-refractivity contribution is 0.630. The van der Waals surface area contributed by atoms with Crippen molar-refractivity contribution in [2.75, 3.05) is 0 Å². The van der Waals surface area contributed by atoms with Crippen LogP contribution in [0.25, 0.3) is 16.6 Å². The second-order valence-corrected chi connectivity index (χ2v) is 4.28. The molecule has 0 spiro atoms. The van der Waals surface area contributed by atoms with Gasteiger partial charge in [-0.1, -0.05) is 0 Å². The van der Waals surface area contributed by atoms with Crippen LogP contribution < -0.4 is 0 Å². The molecule has 5 heteroatoms. The highest BCUT2D eigenvalue weighted by molar-refractivity contribution is 9.10. The Labute approximate surface area is 99.1 Å². The predicted octanol–water partition coefficient (Wildman–Crippen LogP) is 3.26. The van der Waals surface area contributed by atoms with Crippen molar-refractivity contribution in [2.24, 2.45) is 0 Å². The molecule has 0 atom stereocenters. The monoisotopic (exact) mass is 279 g/mol. The maximum absolute atomic E-state index is 14.2. The highest BCUT2D eigenvalue weighted by atomic mass is 79.9. The number of imidazole rings is 1. The van der Waals surface area contributed by atoms with Gasteiger partial charge in [0.2, 0.25) is 0 Å². The molecule has 80 valence electrons. The largest absolute Gasteiger partial charge is 0.360 e. The second-order valence-electron chi connectivity index (χ2n) is 3.43. The molecule has 0 unspecified atom stereocenters. The van der Waals surface area contributed by atoms with Crippen LogP contribution in [0.3, 0.4) is 0 Å². The van der Waals surface area contributed by atoms with E-state index in [1.54, 1.807) is 41.6 Å². The number of H-pyrrole nitrogens is 1. The third-order valence-electron chi connectivity index (χ3n) is 2.49. The predicted molar refractivity (Wildman–Crippen MR) is 63.1 cm³/mol. The third kappa shape index (κ3) is 1.28. The van der Waals surface area contributed by atoms with Crippen LogP contribution >= 0.6 is 15.9 Å². The summed E-state index contributed by atoms with van der Waals surface area (Å²) in [6.45, 7) is 0. The first-order chi connectivity index (χ1) is 7.77. The Hall–Kier alpha value is -1.62. The van der Waals surface area contributed by atoms with Gasteiger partial charge in [-0.15, -0.1) is 0 Å². The summed E-state index contributed by atoms with van der Waals surface area (Å²) in [6, 6.07) is 3.45. The van der Waals surface area contributed by atoms with E-state index in [1.165, 1.54) is 0 Å². The smallest absolute Gasteiger partial charge is 0.156 e. The highest BCUT2D eigenvalue weighted by Crippen LogP contribution is 2.29. The van der Waals surface area contributed by atoms with Gasteiger partial charge in [-0.25, -0.2) is 9.37 Å². The molecule has 16 heavy (non-hydrogen) atoms. The molecule has 0 aliphatic rings.